The Bertz CT molecular complexity index is 1310. The lowest BCUT2D eigenvalue weighted by Gasteiger charge is -2.08. The summed E-state index contributed by atoms with van der Waals surface area (Å²) in [5.41, 5.74) is 3.60. The second-order valence-electron chi connectivity index (χ2n) is 7.09. The van der Waals surface area contributed by atoms with Crippen LogP contribution in [-0.2, 0) is 0 Å². The molecule has 0 bridgehead atoms. The minimum atomic E-state index is -0.261. The molecule has 0 unspecified atom stereocenters. The van der Waals surface area contributed by atoms with E-state index in [0.717, 1.165) is 22.6 Å². The molecule has 0 fully saturated rings. The number of carbonyl (C=O) groups excluding carboxylic acids is 1. The Morgan fingerprint density at radius 1 is 1.03 bits per heavy atom. The highest BCUT2D eigenvalue weighted by Gasteiger charge is 2.14. The fraction of sp³-hybridized carbons (Fsp3) is 0.217. The number of fused-ring (bicyclic) bond motifs is 1. The number of hydrogen-bond donors (Lipinski definition) is 0. The molecule has 7 nitrogen and oxygen atoms in total. The van der Waals surface area contributed by atoms with Gasteiger partial charge >= 0.3 is 5.56 Å². The zero-order chi connectivity index (χ0) is 22.0. The quantitative estimate of drug-likeness (QED) is 0.325. The number of nitrogens with zero attached hydrogens (tertiary/aromatic N) is 4. The number of ether oxygens (including phenoxy) is 1. The normalized spacial score (nSPS) is 11.1. The number of Topliss-reactive ketones (excluding diaryl/α,β-unsaturated/α-hetero) is 1. The number of hydrogen-bond acceptors (Lipinski definition) is 6. The van der Waals surface area contributed by atoms with E-state index in [-0.39, 0.29) is 22.7 Å². The molecular formula is C23H22N4O3S. The SMILES string of the molecule is CCOc1ccc(C(=O)CSc2nnc3c(=O)n(-c4ccc(C)c(C)c4)ccn23)cc1. The molecule has 4 rings (SSSR count). The lowest BCUT2D eigenvalue weighted by molar-refractivity contribution is 0.102. The van der Waals surface area contributed by atoms with Crippen molar-refractivity contribution >= 4 is 23.2 Å². The molecule has 0 radical (unpaired) electrons. The van der Waals surface area contributed by atoms with Gasteiger partial charge in [-0.3, -0.25) is 18.6 Å². The highest BCUT2D eigenvalue weighted by Crippen LogP contribution is 2.20. The molecular weight excluding hydrogens is 412 g/mol. The molecule has 0 spiro atoms. The second kappa shape index (κ2) is 8.77. The first kappa shape index (κ1) is 20.9. The van der Waals surface area contributed by atoms with E-state index in [1.165, 1.54) is 11.8 Å². The van der Waals surface area contributed by atoms with Crippen LogP contribution >= 0.6 is 11.8 Å². The van der Waals surface area contributed by atoms with Crippen molar-refractivity contribution in [2.24, 2.45) is 0 Å². The van der Waals surface area contributed by atoms with Crippen LogP contribution in [0, 0.1) is 13.8 Å². The maximum absolute atomic E-state index is 12.9. The molecule has 4 aromatic rings. The Labute approximate surface area is 183 Å². The van der Waals surface area contributed by atoms with Crippen molar-refractivity contribution in [1.82, 2.24) is 19.2 Å². The van der Waals surface area contributed by atoms with Gasteiger partial charge in [0.2, 0.25) is 5.65 Å². The van der Waals surface area contributed by atoms with E-state index < -0.39 is 0 Å². The summed E-state index contributed by atoms with van der Waals surface area (Å²) >= 11 is 1.25. The van der Waals surface area contributed by atoms with Crippen molar-refractivity contribution in [3.63, 3.8) is 0 Å². The molecule has 0 atom stereocenters. The molecule has 31 heavy (non-hydrogen) atoms. The summed E-state index contributed by atoms with van der Waals surface area (Å²) in [5.74, 6) is 0.887. The molecule has 0 aliphatic heterocycles. The van der Waals surface area contributed by atoms with E-state index >= 15 is 0 Å². The summed E-state index contributed by atoms with van der Waals surface area (Å²) in [6.07, 6.45) is 3.44. The molecule has 0 N–H and O–H groups in total. The molecule has 0 amide bonds. The highest BCUT2D eigenvalue weighted by molar-refractivity contribution is 7.99. The minimum absolute atomic E-state index is 0.0340. The first-order valence-corrected chi connectivity index (χ1v) is 10.9. The fourth-order valence-electron chi connectivity index (χ4n) is 3.16. The molecule has 0 saturated carbocycles. The number of aryl methyl sites for hydroxylation is 2. The lowest BCUT2D eigenvalue weighted by Crippen LogP contribution is -2.20. The predicted octanol–water partition coefficient (Wildman–Crippen LogP) is 3.87. The van der Waals surface area contributed by atoms with E-state index in [9.17, 15) is 9.59 Å². The zero-order valence-corrected chi connectivity index (χ0v) is 18.3. The highest BCUT2D eigenvalue weighted by atomic mass is 32.2. The monoisotopic (exact) mass is 434 g/mol. The van der Waals surface area contributed by atoms with Crippen molar-refractivity contribution in [2.45, 2.75) is 25.9 Å². The van der Waals surface area contributed by atoms with Gasteiger partial charge in [-0.15, -0.1) is 10.2 Å². The van der Waals surface area contributed by atoms with Crippen molar-refractivity contribution in [1.29, 1.82) is 0 Å². The van der Waals surface area contributed by atoms with Gasteiger partial charge in [0.05, 0.1) is 12.4 Å². The lowest BCUT2D eigenvalue weighted by atomic mass is 10.1. The molecule has 0 aliphatic rings. The first-order valence-electron chi connectivity index (χ1n) is 9.91. The van der Waals surface area contributed by atoms with Gasteiger partial charge in [-0.2, -0.15) is 0 Å². The Balaban J connectivity index is 1.54. The maximum Gasteiger partial charge on any atom is 0.300 e. The molecule has 158 valence electrons. The Hall–Kier alpha value is -3.39. The number of aromatic nitrogens is 4. The van der Waals surface area contributed by atoms with E-state index in [2.05, 4.69) is 10.2 Å². The molecule has 2 aromatic heterocycles. The molecule has 2 heterocycles. The number of thioether (sulfide) groups is 1. The summed E-state index contributed by atoms with van der Waals surface area (Å²) in [7, 11) is 0. The van der Waals surface area contributed by atoms with Gasteiger partial charge in [-0.1, -0.05) is 17.8 Å². The third-order valence-electron chi connectivity index (χ3n) is 5.03. The standard InChI is InChI=1S/C23H22N4O3S/c1-4-30-19-9-6-17(7-10-19)20(28)14-31-23-25-24-21-22(29)26(11-12-27(21)23)18-8-5-15(2)16(3)13-18/h5-13H,4,14H2,1-3H3. The van der Waals surface area contributed by atoms with Gasteiger partial charge in [-0.05, 0) is 68.3 Å². The molecule has 2 aromatic carbocycles. The van der Waals surface area contributed by atoms with Crippen LogP contribution in [-0.4, -0.2) is 37.3 Å². The molecule has 8 heteroatoms. The van der Waals surface area contributed by atoms with Crippen LogP contribution in [0.1, 0.15) is 28.4 Å². The van der Waals surface area contributed by atoms with Crippen molar-refractivity contribution in [3.8, 4) is 11.4 Å². The van der Waals surface area contributed by atoms with E-state index in [0.29, 0.717) is 17.3 Å². The summed E-state index contributed by atoms with van der Waals surface area (Å²) < 4.78 is 8.58. The summed E-state index contributed by atoms with van der Waals surface area (Å²) in [6.45, 7) is 6.53. The van der Waals surface area contributed by atoms with Crippen LogP contribution in [0.5, 0.6) is 5.75 Å². The van der Waals surface area contributed by atoms with E-state index in [1.807, 2.05) is 39.0 Å². The molecule has 0 saturated heterocycles. The van der Waals surface area contributed by atoms with Crippen LogP contribution in [0.3, 0.4) is 0 Å². The van der Waals surface area contributed by atoms with Gasteiger partial charge < -0.3 is 4.74 Å². The van der Waals surface area contributed by atoms with Gasteiger partial charge in [0, 0.05) is 23.6 Å². The number of carbonyl (C=O) groups is 1. The van der Waals surface area contributed by atoms with Gasteiger partial charge in [0.25, 0.3) is 0 Å². The molecule has 0 aliphatic carbocycles. The van der Waals surface area contributed by atoms with Gasteiger partial charge in [0.15, 0.2) is 10.9 Å². The average Bonchev–Trinajstić information content (AvgIpc) is 3.19. The number of rotatable bonds is 7. The maximum atomic E-state index is 12.9. The Kier molecular flexibility index (Phi) is 5.90. The number of benzene rings is 2. The van der Waals surface area contributed by atoms with Crippen molar-refractivity contribution < 1.29 is 9.53 Å². The Morgan fingerprint density at radius 2 is 1.81 bits per heavy atom. The van der Waals surface area contributed by atoms with Crippen LogP contribution in [0.15, 0.2) is 64.8 Å². The minimum Gasteiger partial charge on any atom is -0.494 e. The van der Waals surface area contributed by atoms with Crippen LogP contribution in [0.2, 0.25) is 0 Å². The average molecular weight is 435 g/mol. The predicted molar refractivity (Wildman–Crippen MR) is 121 cm³/mol. The van der Waals surface area contributed by atoms with Crippen LogP contribution in [0.4, 0.5) is 0 Å². The smallest absolute Gasteiger partial charge is 0.300 e. The summed E-state index contributed by atoms with van der Waals surface area (Å²) in [4.78, 5) is 25.5. The summed E-state index contributed by atoms with van der Waals surface area (Å²) in [6, 6.07) is 12.9. The van der Waals surface area contributed by atoms with Crippen LogP contribution < -0.4 is 10.3 Å². The van der Waals surface area contributed by atoms with Gasteiger partial charge in [-0.25, -0.2) is 0 Å². The van der Waals surface area contributed by atoms with E-state index in [4.69, 9.17) is 4.74 Å². The number of ketones is 1. The Morgan fingerprint density at radius 3 is 2.52 bits per heavy atom. The second-order valence-corrected chi connectivity index (χ2v) is 8.03. The summed E-state index contributed by atoms with van der Waals surface area (Å²) in [5, 5.41) is 8.67. The van der Waals surface area contributed by atoms with Crippen LogP contribution in [0.25, 0.3) is 11.3 Å². The fourth-order valence-corrected chi connectivity index (χ4v) is 3.97. The van der Waals surface area contributed by atoms with Gasteiger partial charge in [0.1, 0.15) is 5.75 Å². The van der Waals surface area contributed by atoms with Crippen molar-refractivity contribution in [2.75, 3.05) is 12.4 Å². The van der Waals surface area contributed by atoms with Crippen molar-refractivity contribution in [3.05, 3.63) is 81.9 Å². The topological polar surface area (TPSA) is 78.5 Å². The largest absolute Gasteiger partial charge is 0.494 e. The first-order chi connectivity index (χ1) is 15.0. The zero-order valence-electron chi connectivity index (χ0n) is 17.5. The third-order valence-corrected chi connectivity index (χ3v) is 5.97. The third kappa shape index (κ3) is 4.25. The van der Waals surface area contributed by atoms with E-state index in [1.54, 1.807) is 45.6 Å².